The Balaban J connectivity index is 1.56. The van der Waals surface area contributed by atoms with E-state index in [1.165, 1.54) is 14.2 Å². The number of methoxy groups -OCH3 is 2. The van der Waals surface area contributed by atoms with Crippen LogP contribution < -0.4 is 0 Å². The van der Waals surface area contributed by atoms with E-state index >= 15 is 0 Å². The molecule has 3 rings (SSSR count). The molecule has 1 fully saturated rings. The van der Waals surface area contributed by atoms with Crippen LogP contribution in [0.3, 0.4) is 0 Å². The molecule has 1 unspecified atom stereocenters. The third kappa shape index (κ3) is 12.1. The van der Waals surface area contributed by atoms with Gasteiger partial charge in [0.25, 0.3) is 0 Å². The number of hydrogen-bond acceptors (Lipinski definition) is 13. The molecule has 1 aliphatic heterocycles. The lowest BCUT2D eigenvalue weighted by Crippen LogP contribution is -2.35. The van der Waals surface area contributed by atoms with Crippen LogP contribution >= 0.6 is 0 Å². The highest BCUT2D eigenvalue weighted by molar-refractivity contribution is 5.87. The van der Waals surface area contributed by atoms with Crippen molar-refractivity contribution in [3.05, 3.63) is 59.2 Å². The highest BCUT2D eigenvalue weighted by Gasteiger charge is 2.15. The fraction of sp³-hybridized carbons (Fsp3) is 0.586. The minimum Gasteiger partial charge on any atom is -0.464 e. The van der Waals surface area contributed by atoms with Crippen molar-refractivity contribution in [2.45, 2.75) is 19.2 Å². The second-order valence-electron chi connectivity index (χ2n) is 9.54. The normalized spacial score (nSPS) is 19.4. The summed E-state index contributed by atoms with van der Waals surface area (Å²) < 4.78 is 32.9. The van der Waals surface area contributed by atoms with Crippen molar-refractivity contribution in [1.82, 2.24) is 19.8 Å². The molecule has 0 spiro atoms. The molecule has 0 aliphatic carbocycles. The van der Waals surface area contributed by atoms with Gasteiger partial charge in [-0.3, -0.25) is 9.80 Å². The van der Waals surface area contributed by atoms with E-state index in [0.717, 1.165) is 11.4 Å². The predicted octanol–water partition coefficient (Wildman–Crippen LogP) is 0.795. The van der Waals surface area contributed by atoms with Gasteiger partial charge in [-0.2, -0.15) is 0 Å². The average molecular weight is 591 g/mol. The smallest absolute Gasteiger partial charge is 0.356 e. The fourth-order valence-corrected chi connectivity index (χ4v) is 4.19. The molecule has 0 aromatic carbocycles. The van der Waals surface area contributed by atoms with Crippen molar-refractivity contribution in [2.24, 2.45) is 0 Å². The standard InChI is InChI=1S/C29H42N4O9/c1-37-28(35)26-7-3-5-23(30-26)19-32-9-13-39-17-18-40-14-10-33(12-16-42-25(21-34)22-41-15-11-32)20-24-6-4-8-27(31-24)29(36)38-2/h3-8,25,34H,9-22H2,1-2H3. The van der Waals surface area contributed by atoms with Crippen LogP contribution in [0.25, 0.3) is 0 Å². The monoisotopic (exact) mass is 590 g/mol. The molecule has 0 bridgehead atoms. The first-order valence-corrected chi connectivity index (χ1v) is 14.0. The molecule has 1 N–H and O–H groups in total. The summed E-state index contributed by atoms with van der Waals surface area (Å²) in [5.74, 6) is -0.965. The lowest BCUT2D eigenvalue weighted by Gasteiger charge is -2.25. The summed E-state index contributed by atoms with van der Waals surface area (Å²) in [6.45, 7) is 6.06. The van der Waals surface area contributed by atoms with Crippen LogP contribution in [-0.2, 0) is 41.5 Å². The zero-order valence-corrected chi connectivity index (χ0v) is 24.4. The van der Waals surface area contributed by atoms with E-state index in [4.69, 9.17) is 28.4 Å². The number of nitrogens with zero attached hydrogens (tertiary/aromatic N) is 4. The Kier molecular flexibility index (Phi) is 15.3. The number of ether oxygens (including phenoxy) is 6. The molecule has 232 valence electrons. The number of carbonyl (C=O) groups excluding carboxylic acids is 2. The Morgan fingerprint density at radius 3 is 1.71 bits per heavy atom. The van der Waals surface area contributed by atoms with Crippen molar-refractivity contribution in [3.63, 3.8) is 0 Å². The van der Waals surface area contributed by atoms with Crippen LogP contribution in [0.4, 0.5) is 0 Å². The molecule has 0 radical (unpaired) electrons. The summed E-state index contributed by atoms with van der Waals surface area (Å²) in [5, 5.41) is 9.83. The zero-order valence-electron chi connectivity index (χ0n) is 24.4. The van der Waals surface area contributed by atoms with Gasteiger partial charge in [0, 0.05) is 39.3 Å². The van der Waals surface area contributed by atoms with Gasteiger partial charge < -0.3 is 33.5 Å². The first-order valence-electron chi connectivity index (χ1n) is 14.0. The minimum absolute atomic E-state index is 0.173. The van der Waals surface area contributed by atoms with Crippen molar-refractivity contribution >= 4 is 11.9 Å². The Hall–Kier alpha value is -3.04. The molecule has 0 saturated carbocycles. The summed E-state index contributed by atoms with van der Waals surface area (Å²) in [6.07, 6.45) is -0.474. The molecular formula is C29H42N4O9. The zero-order chi connectivity index (χ0) is 30.0. The summed E-state index contributed by atoms with van der Waals surface area (Å²) >= 11 is 0. The maximum Gasteiger partial charge on any atom is 0.356 e. The summed E-state index contributed by atoms with van der Waals surface area (Å²) in [5.41, 5.74) is 1.97. The van der Waals surface area contributed by atoms with E-state index in [1.54, 1.807) is 24.3 Å². The van der Waals surface area contributed by atoms with Crippen molar-refractivity contribution in [1.29, 1.82) is 0 Å². The highest BCUT2D eigenvalue weighted by atomic mass is 16.5. The Morgan fingerprint density at radius 1 is 0.762 bits per heavy atom. The highest BCUT2D eigenvalue weighted by Crippen LogP contribution is 2.08. The van der Waals surface area contributed by atoms with Gasteiger partial charge in [-0.05, 0) is 24.3 Å². The molecule has 1 saturated heterocycles. The fourth-order valence-electron chi connectivity index (χ4n) is 4.19. The van der Waals surface area contributed by atoms with E-state index < -0.39 is 18.0 Å². The SMILES string of the molecule is COC(=O)c1cccc(CN2CCOCCOCCN(Cc3cccc(C(=O)OC)n3)CCOC(CO)COCC2)n1. The Labute approximate surface area is 246 Å². The van der Waals surface area contributed by atoms with Crippen LogP contribution in [0.1, 0.15) is 32.4 Å². The number of pyridine rings is 2. The maximum absolute atomic E-state index is 11.9. The maximum atomic E-state index is 11.9. The Morgan fingerprint density at radius 2 is 1.24 bits per heavy atom. The van der Waals surface area contributed by atoms with E-state index in [1.807, 2.05) is 12.1 Å². The number of hydrogen-bond donors (Lipinski definition) is 1. The molecule has 13 heteroatoms. The van der Waals surface area contributed by atoms with Crippen molar-refractivity contribution in [2.75, 3.05) is 93.3 Å². The van der Waals surface area contributed by atoms with Crippen LogP contribution in [0, 0.1) is 0 Å². The van der Waals surface area contributed by atoms with Gasteiger partial charge in [-0.1, -0.05) is 12.1 Å². The molecule has 0 amide bonds. The molecule has 3 heterocycles. The first kappa shape index (κ1) is 33.5. The summed E-state index contributed by atoms with van der Waals surface area (Å²) in [4.78, 5) is 36.8. The lowest BCUT2D eigenvalue weighted by atomic mass is 10.2. The second-order valence-corrected chi connectivity index (χ2v) is 9.54. The topological polar surface area (TPSA) is 142 Å². The van der Waals surface area contributed by atoms with Gasteiger partial charge in [-0.25, -0.2) is 19.6 Å². The van der Waals surface area contributed by atoms with Crippen LogP contribution in [0.5, 0.6) is 0 Å². The van der Waals surface area contributed by atoms with Crippen LogP contribution in [0.2, 0.25) is 0 Å². The third-order valence-electron chi connectivity index (χ3n) is 6.47. The largest absolute Gasteiger partial charge is 0.464 e. The third-order valence-corrected chi connectivity index (χ3v) is 6.47. The molecule has 1 atom stereocenters. The molecule has 13 nitrogen and oxygen atoms in total. The van der Waals surface area contributed by atoms with Gasteiger partial charge >= 0.3 is 11.9 Å². The molecule has 2 aromatic heterocycles. The van der Waals surface area contributed by atoms with E-state index in [-0.39, 0.29) is 24.6 Å². The van der Waals surface area contributed by atoms with Gasteiger partial charge in [0.1, 0.15) is 17.5 Å². The second kappa shape index (κ2) is 19.2. The predicted molar refractivity (Wildman–Crippen MR) is 151 cm³/mol. The van der Waals surface area contributed by atoms with Crippen molar-refractivity contribution < 1.29 is 43.1 Å². The number of carbonyl (C=O) groups is 2. The summed E-state index contributed by atoms with van der Waals surface area (Å²) in [7, 11) is 2.65. The first-order chi connectivity index (χ1) is 20.5. The van der Waals surface area contributed by atoms with Crippen LogP contribution in [-0.4, -0.2) is 136 Å². The average Bonchev–Trinajstić information content (AvgIpc) is 3.02. The van der Waals surface area contributed by atoms with Gasteiger partial charge in [0.2, 0.25) is 0 Å². The number of aromatic nitrogens is 2. The number of rotatable bonds is 7. The quantitative estimate of drug-likeness (QED) is 0.455. The number of esters is 2. The van der Waals surface area contributed by atoms with Gasteiger partial charge in [0.05, 0.1) is 78.5 Å². The van der Waals surface area contributed by atoms with E-state index in [9.17, 15) is 14.7 Å². The van der Waals surface area contributed by atoms with Gasteiger partial charge in [-0.15, -0.1) is 0 Å². The molecule has 42 heavy (non-hydrogen) atoms. The van der Waals surface area contributed by atoms with Crippen LogP contribution in [0.15, 0.2) is 36.4 Å². The molecular weight excluding hydrogens is 548 g/mol. The summed E-state index contributed by atoms with van der Waals surface area (Å²) in [6, 6.07) is 10.5. The molecule has 1 aliphatic rings. The van der Waals surface area contributed by atoms with Crippen molar-refractivity contribution in [3.8, 4) is 0 Å². The minimum atomic E-state index is -0.485. The number of aliphatic hydroxyl groups excluding tert-OH is 1. The van der Waals surface area contributed by atoms with E-state index in [2.05, 4.69) is 19.8 Å². The molecule has 2 aromatic rings. The van der Waals surface area contributed by atoms with Gasteiger partial charge in [0.15, 0.2) is 0 Å². The lowest BCUT2D eigenvalue weighted by molar-refractivity contribution is -0.0535. The van der Waals surface area contributed by atoms with E-state index in [0.29, 0.717) is 78.9 Å². The Bertz CT molecular complexity index is 1090. The number of aliphatic hydroxyl groups is 1.